The summed E-state index contributed by atoms with van der Waals surface area (Å²) < 4.78 is 41.6. The molecule has 32 heavy (non-hydrogen) atoms. The first-order chi connectivity index (χ1) is 14.6. The van der Waals surface area contributed by atoms with Crippen molar-refractivity contribution < 1.29 is 22.8 Å². The van der Waals surface area contributed by atoms with E-state index in [1.807, 2.05) is 41.5 Å². The fraction of sp³-hybridized carbons (Fsp3) is 0.591. The first-order valence-corrected chi connectivity index (χ1v) is 11.3. The van der Waals surface area contributed by atoms with Gasteiger partial charge in [-0.05, 0) is 57.7 Å². The van der Waals surface area contributed by atoms with Gasteiger partial charge in [-0.25, -0.2) is 4.68 Å². The summed E-state index contributed by atoms with van der Waals surface area (Å²) in [5, 5.41) is 5.43. The fourth-order valence-corrected chi connectivity index (χ4v) is 3.64. The number of rotatable bonds is 5. The molecule has 0 atom stereocenters. The first kappa shape index (κ1) is 24.4. The Kier molecular flexibility index (Phi) is 6.59. The minimum absolute atomic E-state index is 0.0176. The van der Waals surface area contributed by atoms with Gasteiger partial charge in [0.25, 0.3) is 5.91 Å². The molecule has 0 radical (unpaired) electrons. The largest absolute Gasteiger partial charge is 0.416 e. The third-order valence-electron chi connectivity index (χ3n) is 4.59. The van der Waals surface area contributed by atoms with Crippen LogP contribution in [0, 0.1) is 5.92 Å². The van der Waals surface area contributed by atoms with E-state index >= 15 is 0 Å². The lowest BCUT2D eigenvalue weighted by molar-refractivity contribution is -0.137. The fourth-order valence-electron chi connectivity index (χ4n) is 2.68. The van der Waals surface area contributed by atoms with Gasteiger partial charge < -0.3 is 4.84 Å². The molecule has 2 aromatic rings. The zero-order valence-electron chi connectivity index (χ0n) is 19.1. The minimum Gasteiger partial charge on any atom is -0.407 e. The highest BCUT2D eigenvalue weighted by atomic mass is 32.1. The number of carbonyl (C=O) groups is 1. The van der Waals surface area contributed by atoms with E-state index < -0.39 is 23.2 Å². The van der Waals surface area contributed by atoms with Crippen molar-refractivity contribution in [3.05, 3.63) is 39.1 Å². The lowest BCUT2D eigenvalue weighted by Crippen LogP contribution is -2.38. The van der Waals surface area contributed by atoms with Crippen LogP contribution in [-0.4, -0.2) is 21.2 Å². The Hall–Kier alpha value is -2.20. The van der Waals surface area contributed by atoms with Crippen LogP contribution >= 0.6 is 11.3 Å². The Morgan fingerprint density at radius 2 is 1.88 bits per heavy atom. The second-order valence-electron chi connectivity index (χ2n) is 10.1. The number of hydrogen-bond acceptors (Lipinski definition) is 5. The molecule has 1 aromatic heterocycles. The van der Waals surface area contributed by atoms with Gasteiger partial charge in [0.2, 0.25) is 4.80 Å². The molecule has 10 heteroatoms. The van der Waals surface area contributed by atoms with Crippen molar-refractivity contribution in [2.75, 3.05) is 0 Å². The van der Waals surface area contributed by atoms with E-state index in [-0.39, 0.29) is 16.7 Å². The Morgan fingerprint density at radius 1 is 1.22 bits per heavy atom. The standard InChI is InChI=1S/C22H29F3N4O2S/c1-20(2,3)18-27-29(12-13-7-8-13)19(32-18)26-17(30)15-11-14(22(23,24)25)9-10-16(15)31-28-21(4,5)6/h9-11,13,28H,7-8,12H2,1-6H3. The van der Waals surface area contributed by atoms with E-state index in [9.17, 15) is 18.0 Å². The Morgan fingerprint density at radius 3 is 2.41 bits per heavy atom. The SMILES string of the molecule is CC(C)(C)NOc1ccc(C(F)(F)F)cc1C(=O)N=c1sc(C(C)(C)C)nn1CC1CC1. The third-order valence-corrected chi connectivity index (χ3v) is 5.96. The number of alkyl halides is 3. The van der Waals surface area contributed by atoms with Gasteiger partial charge >= 0.3 is 6.18 Å². The Labute approximate surface area is 189 Å². The monoisotopic (exact) mass is 470 g/mol. The van der Waals surface area contributed by atoms with Gasteiger partial charge in [0.1, 0.15) is 5.01 Å². The van der Waals surface area contributed by atoms with Crippen LogP contribution in [0.1, 0.15) is 75.3 Å². The molecular formula is C22H29F3N4O2S. The lowest BCUT2D eigenvalue weighted by atomic mass is 9.98. The van der Waals surface area contributed by atoms with Gasteiger partial charge in [-0.15, -0.1) is 0 Å². The molecule has 1 aromatic carbocycles. The molecule has 6 nitrogen and oxygen atoms in total. The molecule has 0 unspecified atom stereocenters. The molecule has 1 aliphatic rings. The molecule has 1 aliphatic carbocycles. The van der Waals surface area contributed by atoms with Crippen LogP contribution < -0.4 is 15.1 Å². The maximum absolute atomic E-state index is 13.3. The van der Waals surface area contributed by atoms with Gasteiger partial charge in [0.15, 0.2) is 5.75 Å². The normalized spacial score (nSPS) is 15.8. The van der Waals surface area contributed by atoms with Gasteiger partial charge in [-0.1, -0.05) is 32.1 Å². The number of hydrogen-bond donors (Lipinski definition) is 1. The molecule has 1 heterocycles. The molecule has 0 aliphatic heterocycles. The zero-order chi connectivity index (χ0) is 23.9. The van der Waals surface area contributed by atoms with E-state index in [1.54, 1.807) is 4.68 Å². The second kappa shape index (κ2) is 8.62. The highest BCUT2D eigenvalue weighted by molar-refractivity contribution is 7.09. The molecule has 0 bridgehead atoms. The Balaban J connectivity index is 2.05. The number of aromatic nitrogens is 2. The van der Waals surface area contributed by atoms with Crippen LogP contribution in [0.25, 0.3) is 0 Å². The topological polar surface area (TPSA) is 68.5 Å². The smallest absolute Gasteiger partial charge is 0.407 e. The van der Waals surface area contributed by atoms with Crippen LogP contribution in [0.2, 0.25) is 0 Å². The average molecular weight is 471 g/mol. The number of amides is 1. The van der Waals surface area contributed by atoms with Crippen molar-refractivity contribution in [1.29, 1.82) is 0 Å². The maximum Gasteiger partial charge on any atom is 0.416 e. The average Bonchev–Trinajstić information content (AvgIpc) is 3.37. The summed E-state index contributed by atoms with van der Waals surface area (Å²) in [6, 6.07) is 2.80. The first-order valence-electron chi connectivity index (χ1n) is 10.5. The summed E-state index contributed by atoms with van der Waals surface area (Å²) in [6.45, 7) is 12.1. The maximum atomic E-state index is 13.3. The van der Waals surface area contributed by atoms with Crippen molar-refractivity contribution in [2.45, 2.75) is 78.1 Å². The molecule has 1 saturated carbocycles. The summed E-state index contributed by atoms with van der Waals surface area (Å²) in [6.07, 6.45) is -2.42. The molecule has 1 N–H and O–H groups in total. The minimum atomic E-state index is -4.60. The van der Waals surface area contributed by atoms with Crippen LogP contribution in [0.15, 0.2) is 23.2 Å². The summed E-state index contributed by atoms with van der Waals surface area (Å²) in [7, 11) is 0. The molecule has 0 spiro atoms. The van der Waals surface area contributed by atoms with Crippen LogP contribution in [0.4, 0.5) is 13.2 Å². The number of hydroxylamine groups is 1. The van der Waals surface area contributed by atoms with Crippen LogP contribution in [0.3, 0.4) is 0 Å². The zero-order valence-corrected chi connectivity index (χ0v) is 19.9. The van der Waals surface area contributed by atoms with Gasteiger partial charge in [0.05, 0.1) is 11.1 Å². The van der Waals surface area contributed by atoms with Crippen LogP contribution in [-0.2, 0) is 18.1 Å². The van der Waals surface area contributed by atoms with Crippen molar-refractivity contribution in [3.63, 3.8) is 0 Å². The molecular weight excluding hydrogens is 441 g/mol. The molecule has 1 fully saturated rings. The molecule has 3 rings (SSSR count). The van der Waals surface area contributed by atoms with Crippen molar-refractivity contribution in [1.82, 2.24) is 15.3 Å². The van der Waals surface area contributed by atoms with Gasteiger partial charge in [-0.2, -0.15) is 28.7 Å². The predicted molar refractivity (Wildman–Crippen MR) is 116 cm³/mol. The second-order valence-corrected chi connectivity index (χ2v) is 11.1. The lowest BCUT2D eigenvalue weighted by Gasteiger charge is -2.21. The Bertz CT molecular complexity index is 1050. The number of nitrogens with zero attached hydrogens (tertiary/aromatic N) is 3. The summed E-state index contributed by atoms with van der Waals surface area (Å²) in [5.74, 6) is -0.339. The van der Waals surface area contributed by atoms with E-state index in [1.165, 1.54) is 11.3 Å². The number of nitrogens with one attached hydrogen (secondary N) is 1. The summed E-state index contributed by atoms with van der Waals surface area (Å²) in [4.78, 5) is 23.1. The molecule has 176 valence electrons. The molecule has 0 saturated heterocycles. The number of halogens is 3. The predicted octanol–water partition coefficient (Wildman–Crippen LogP) is 5.09. The summed E-state index contributed by atoms with van der Waals surface area (Å²) in [5.41, 5.74) is 0.810. The molecule has 1 amide bonds. The van der Waals surface area contributed by atoms with E-state index in [0.29, 0.717) is 17.3 Å². The van der Waals surface area contributed by atoms with Crippen molar-refractivity contribution in [3.8, 4) is 5.75 Å². The van der Waals surface area contributed by atoms with E-state index in [2.05, 4.69) is 15.6 Å². The third kappa shape index (κ3) is 6.41. The van der Waals surface area contributed by atoms with E-state index in [4.69, 9.17) is 4.84 Å². The summed E-state index contributed by atoms with van der Waals surface area (Å²) >= 11 is 1.28. The van der Waals surface area contributed by atoms with Crippen molar-refractivity contribution >= 4 is 17.2 Å². The highest BCUT2D eigenvalue weighted by Crippen LogP contribution is 2.33. The number of carbonyl (C=O) groups excluding carboxylic acids is 1. The highest BCUT2D eigenvalue weighted by Gasteiger charge is 2.32. The van der Waals surface area contributed by atoms with Gasteiger partial charge in [-0.3, -0.25) is 4.79 Å². The van der Waals surface area contributed by atoms with Gasteiger partial charge in [0, 0.05) is 17.5 Å². The van der Waals surface area contributed by atoms with Crippen molar-refractivity contribution in [2.24, 2.45) is 10.9 Å². The van der Waals surface area contributed by atoms with E-state index in [0.717, 1.165) is 36.0 Å². The number of benzene rings is 1. The van der Waals surface area contributed by atoms with Crippen LogP contribution in [0.5, 0.6) is 5.75 Å². The quantitative estimate of drug-likeness (QED) is 0.618.